The number of hydrogen-bond donors (Lipinski definition) is 0. The lowest BCUT2D eigenvalue weighted by Crippen LogP contribution is -2.36. The summed E-state index contributed by atoms with van der Waals surface area (Å²) in [4.78, 5) is 13.5. The minimum Gasteiger partial charge on any atom is -0.372 e. The molecule has 1 rings (SSSR count). The monoisotopic (exact) mass is 197 g/mol. The van der Waals surface area contributed by atoms with Crippen molar-refractivity contribution in [1.29, 1.82) is 0 Å². The van der Waals surface area contributed by atoms with Crippen molar-refractivity contribution in [1.82, 2.24) is 4.90 Å². The number of carbonyl (C=O) groups excluding carboxylic acids is 1. The molecule has 1 saturated carbocycles. The van der Waals surface area contributed by atoms with Crippen LogP contribution in [0.25, 0.3) is 0 Å². The molecule has 0 saturated heterocycles. The molecule has 0 aromatic rings. The fourth-order valence-corrected chi connectivity index (χ4v) is 1.37. The number of ether oxygens (including phenoxy) is 1. The van der Waals surface area contributed by atoms with E-state index in [4.69, 9.17) is 4.74 Å². The SMILES string of the molecule is C=CCN(C(=O)COCCC)C1CC1. The average Bonchev–Trinajstić information content (AvgIpc) is 2.98. The maximum absolute atomic E-state index is 11.6. The first-order valence-electron chi connectivity index (χ1n) is 5.27. The van der Waals surface area contributed by atoms with Gasteiger partial charge in [0.2, 0.25) is 5.91 Å². The summed E-state index contributed by atoms with van der Waals surface area (Å²) in [6, 6.07) is 0.450. The van der Waals surface area contributed by atoms with Gasteiger partial charge < -0.3 is 9.64 Å². The molecule has 0 N–H and O–H groups in total. The molecule has 14 heavy (non-hydrogen) atoms. The molecule has 3 nitrogen and oxygen atoms in total. The molecule has 0 aliphatic heterocycles. The first-order chi connectivity index (χ1) is 6.79. The molecule has 3 heteroatoms. The second-order valence-corrected chi connectivity index (χ2v) is 3.62. The minimum absolute atomic E-state index is 0.0980. The zero-order valence-corrected chi connectivity index (χ0v) is 8.87. The number of nitrogens with zero attached hydrogens (tertiary/aromatic N) is 1. The molecule has 0 radical (unpaired) electrons. The molecule has 1 fully saturated rings. The Labute approximate surface area is 85.7 Å². The molecule has 0 unspecified atom stereocenters. The molecule has 0 atom stereocenters. The molecule has 1 amide bonds. The molecule has 80 valence electrons. The molecule has 1 aliphatic rings. The standard InChI is InChI=1S/C11H19NO2/c1-3-7-12(10-5-6-10)11(13)9-14-8-4-2/h3,10H,1,4-9H2,2H3. The van der Waals surface area contributed by atoms with Gasteiger partial charge in [0, 0.05) is 19.2 Å². The summed E-state index contributed by atoms with van der Waals surface area (Å²) < 4.78 is 5.22. The summed E-state index contributed by atoms with van der Waals surface area (Å²) in [5.41, 5.74) is 0. The highest BCUT2D eigenvalue weighted by Crippen LogP contribution is 2.26. The number of amides is 1. The van der Waals surface area contributed by atoms with E-state index in [1.165, 1.54) is 0 Å². The van der Waals surface area contributed by atoms with Crippen molar-refractivity contribution in [3.8, 4) is 0 Å². The molecule has 0 spiro atoms. The second kappa shape index (κ2) is 5.81. The zero-order chi connectivity index (χ0) is 10.4. The summed E-state index contributed by atoms with van der Waals surface area (Å²) in [6.45, 7) is 7.23. The molecule has 0 aromatic heterocycles. The molecule has 0 bridgehead atoms. The van der Waals surface area contributed by atoms with Gasteiger partial charge in [-0.05, 0) is 19.3 Å². The fourth-order valence-electron chi connectivity index (χ4n) is 1.37. The fraction of sp³-hybridized carbons (Fsp3) is 0.727. The largest absolute Gasteiger partial charge is 0.372 e. The van der Waals surface area contributed by atoms with Crippen LogP contribution in [0, 0.1) is 0 Å². The molecule has 1 aliphatic carbocycles. The number of carbonyl (C=O) groups is 1. The maximum Gasteiger partial charge on any atom is 0.249 e. The lowest BCUT2D eigenvalue weighted by atomic mass is 10.4. The van der Waals surface area contributed by atoms with E-state index >= 15 is 0 Å². The predicted molar refractivity (Wildman–Crippen MR) is 56.0 cm³/mol. The lowest BCUT2D eigenvalue weighted by Gasteiger charge is -2.20. The van der Waals surface area contributed by atoms with Crippen molar-refractivity contribution in [2.24, 2.45) is 0 Å². The van der Waals surface area contributed by atoms with Crippen LogP contribution in [0.15, 0.2) is 12.7 Å². The smallest absolute Gasteiger partial charge is 0.249 e. The Bertz CT molecular complexity index is 199. The van der Waals surface area contributed by atoms with Gasteiger partial charge in [0.25, 0.3) is 0 Å². The number of hydrogen-bond acceptors (Lipinski definition) is 2. The Morgan fingerprint density at radius 2 is 2.36 bits per heavy atom. The summed E-state index contributed by atoms with van der Waals surface area (Å²) >= 11 is 0. The van der Waals surface area contributed by atoms with E-state index in [1.54, 1.807) is 6.08 Å². The van der Waals surface area contributed by atoms with Crippen molar-refractivity contribution in [3.05, 3.63) is 12.7 Å². The van der Waals surface area contributed by atoms with Crippen LogP contribution in [0.1, 0.15) is 26.2 Å². The maximum atomic E-state index is 11.6. The number of rotatable bonds is 7. The Kier molecular flexibility index (Phi) is 4.66. The second-order valence-electron chi connectivity index (χ2n) is 3.62. The average molecular weight is 197 g/mol. The Morgan fingerprint density at radius 3 is 2.86 bits per heavy atom. The first kappa shape index (κ1) is 11.2. The van der Waals surface area contributed by atoms with Crippen LogP contribution >= 0.6 is 0 Å². The zero-order valence-electron chi connectivity index (χ0n) is 8.87. The highest BCUT2D eigenvalue weighted by Gasteiger charge is 2.31. The third-order valence-corrected chi connectivity index (χ3v) is 2.21. The van der Waals surface area contributed by atoms with Crippen molar-refractivity contribution in [2.45, 2.75) is 32.2 Å². The summed E-state index contributed by atoms with van der Waals surface area (Å²) in [6.07, 6.45) is 4.99. The third-order valence-electron chi connectivity index (χ3n) is 2.21. The van der Waals surface area contributed by atoms with E-state index in [9.17, 15) is 4.79 Å². The van der Waals surface area contributed by atoms with Crippen LogP contribution in [0.3, 0.4) is 0 Å². The van der Waals surface area contributed by atoms with E-state index in [0.717, 1.165) is 19.3 Å². The first-order valence-corrected chi connectivity index (χ1v) is 5.27. The van der Waals surface area contributed by atoms with Crippen LogP contribution in [-0.4, -0.2) is 36.6 Å². The summed E-state index contributed by atoms with van der Waals surface area (Å²) in [5, 5.41) is 0. The summed E-state index contributed by atoms with van der Waals surface area (Å²) in [7, 11) is 0. The Balaban J connectivity index is 2.26. The van der Waals surface area contributed by atoms with E-state index in [-0.39, 0.29) is 12.5 Å². The van der Waals surface area contributed by atoms with Gasteiger partial charge in [-0.15, -0.1) is 6.58 Å². The Morgan fingerprint density at radius 1 is 1.64 bits per heavy atom. The van der Waals surface area contributed by atoms with Crippen molar-refractivity contribution >= 4 is 5.91 Å². The molecular formula is C11H19NO2. The van der Waals surface area contributed by atoms with Crippen LogP contribution in [0.2, 0.25) is 0 Å². The van der Waals surface area contributed by atoms with Gasteiger partial charge in [-0.3, -0.25) is 4.79 Å². The van der Waals surface area contributed by atoms with Crippen LogP contribution < -0.4 is 0 Å². The van der Waals surface area contributed by atoms with Crippen LogP contribution in [0.5, 0.6) is 0 Å². The van der Waals surface area contributed by atoms with Gasteiger partial charge in [0.15, 0.2) is 0 Å². The Hall–Kier alpha value is -0.830. The lowest BCUT2D eigenvalue weighted by molar-refractivity contribution is -0.136. The van der Waals surface area contributed by atoms with Crippen molar-refractivity contribution in [2.75, 3.05) is 19.8 Å². The normalized spacial score (nSPS) is 15.2. The molecular weight excluding hydrogens is 178 g/mol. The minimum atomic E-state index is 0.0980. The van der Waals surface area contributed by atoms with Gasteiger partial charge in [-0.2, -0.15) is 0 Å². The van der Waals surface area contributed by atoms with Gasteiger partial charge in [0.05, 0.1) is 0 Å². The van der Waals surface area contributed by atoms with Crippen LogP contribution in [0.4, 0.5) is 0 Å². The van der Waals surface area contributed by atoms with E-state index in [2.05, 4.69) is 6.58 Å². The quantitative estimate of drug-likeness (QED) is 0.458. The highest BCUT2D eigenvalue weighted by atomic mass is 16.5. The van der Waals surface area contributed by atoms with Gasteiger partial charge in [0.1, 0.15) is 6.61 Å². The van der Waals surface area contributed by atoms with Gasteiger partial charge in [-0.1, -0.05) is 13.0 Å². The van der Waals surface area contributed by atoms with E-state index < -0.39 is 0 Å². The highest BCUT2D eigenvalue weighted by molar-refractivity contribution is 5.78. The summed E-state index contributed by atoms with van der Waals surface area (Å²) in [5.74, 6) is 0.0980. The molecule has 0 heterocycles. The van der Waals surface area contributed by atoms with Crippen molar-refractivity contribution in [3.63, 3.8) is 0 Å². The van der Waals surface area contributed by atoms with E-state index in [0.29, 0.717) is 19.2 Å². The van der Waals surface area contributed by atoms with Crippen molar-refractivity contribution < 1.29 is 9.53 Å². The van der Waals surface area contributed by atoms with Gasteiger partial charge in [-0.25, -0.2) is 0 Å². The third kappa shape index (κ3) is 3.50. The van der Waals surface area contributed by atoms with E-state index in [1.807, 2.05) is 11.8 Å². The van der Waals surface area contributed by atoms with Gasteiger partial charge >= 0.3 is 0 Å². The topological polar surface area (TPSA) is 29.5 Å². The van der Waals surface area contributed by atoms with Crippen LogP contribution in [-0.2, 0) is 9.53 Å². The predicted octanol–water partition coefficient (Wildman–Crippen LogP) is 1.59. The molecule has 0 aromatic carbocycles.